The van der Waals surface area contributed by atoms with Crippen molar-refractivity contribution in [2.24, 2.45) is 0 Å². The van der Waals surface area contributed by atoms with E-state index in [1.807, 2.05) is 12.1 Å². The Bertz CT molecular complexity index is 432. The van der Waals surface area contributed by atoms with Crippen LogP contribution in [0.3, 0.4) is 0 Å². The minimum Gasteiger partial charge on any atom is -0.352 e. The second-order valence-electron chi connectivity index (χ2n) is 4.73. The summed E-state index contributed by atoms with van der Waals surface area (Å²) in [6.07, 6.45) is 2.57. The summed E-state index contributed by atoms with van der Waals surface area (Å²) in [5, 5.41) is 3.11. The van der Waals surface area contributed by atoms with Crippen LogP contribution in [0.2, 0.25) is 0 Å². The molecule has 1 heterocycles. The number of halogens is 1. The zero-order valence-electron chi connectivity index (χ0n) is 10.3. The van der Waals surface area contributed by atoms with E-state index in [1.165, 1.54) is 5.56 Å². The van der Waals surface area contributed by atoms with Gasteiger partial charge in [0.1, 0.15) is 0 Å². The molecular weight excluding hydrogens is 278 g/mol. The second-order valence-corrected chi connectivity index (χ2v) is 5.64. The predicted molar refractivity (Wildman–Crippen MR) is 72.9 cm³/mol. The number of benzene rings is 1. The largest absolute Gasteiger partial charge is 0.352 e. The minimum atomic E-state index is -0.0321. The number of carbonyl (C=O) groups excluding carboxylic acids is 1. The van der Waals surface area contributed by atoms with Crippen LogP contribution in [-0.4, -0.2) is 11.9 Å². The first-order chi connectivity index (χ1) is 8.12. The van der Waals surface area contributed by atoms with Gasteiger partial charge in [-0.25, -0.2) is 0 Å². The monoisotopic (exact) mass is 295 g/mol. The van der Waals surface area contributed by atoms with Gasteiger partial charge in [0, 0.05) is 22.4 Å². The van der Waals surface area contributed by atoms with Crippen LogP contribution in [0.4, 0.5) is 0 Å². The molecule has 2 atom stereocenters. The molecular formula is C14H18BrNO. The van der Waals surface area contributed by atoms with Gasteiger partial charge in [0.15, 0.2) is 0 Å². The molecule has 2 rings (SSSR count). The number of hydrogen-bond donors (Lipinski definition) is 1. The van der Waals surface area contributed by atoms with E-state index in [0.29, 0.717) is 6.42 Å². The van der Waals surface area contributed by atoms with Crippen molar-refractivity contribution in [3.8, 4) is 0 Å². The lowest BCUT2D eigenvalue weighted by molar-refractivity contribution is -0.119. The Morgan fingerprint density at radius 1 is 1.47 bits per heavy atom. The maximum absolute atomic E-state index is 11.7. The van der Waals surface area contributed by atoms with Gasteiger partial charge >= 0.3 is 0 Å². The summed E-state index contributed by atoms with van der Waals surface area (Å²) in [4.78, 5) is 11.7. The summed E-state index contributed by atoms with van der Waals surface area (Å²) in [5.41, 5.74) is 1.23. The summed E-state index contributed by atoms with van der Waals surface area (Å²) in [6.45, 7) is 4.31. The minimum absolute atomic E-state index is 0.0321. The Morgan fingerprint density at radius 3 is 2.82 bits per heavy atom. The first kappa shape index (κ1) is 12.6. The molecule has 1 fully saturated rings. The summed E-state index contributed by atoms with van der Waals surface area (Å²) in [7, 11) is 0. The van der Waals surface area contributed by atoms with E-state index >= 15 is 0 Å². The lowest BCUT2D eigenvalue weighted by Gasteiger charge is -2.33. The molecule has 17 heavy (non-hydrogen) atoms. The molecule has 0 spiro atoms. The molecule has 2 nitrogen and oxygen atoms in total. The van der Waals surface area contributed by atoms with E-state index in [4.69, 9.17) is 0 Å². The molecule has 1 aliphatic rings. The molecule has 92 valence electrons. The Morgan fingerprint density at radius 2 is 2.24 bits per heavy atom. The van der Waals surface area contributed by atoms with Crippen LogP contribution >= 0.6 is 15.9 Å². The Hall–Kier alpha value is -0.830. The van der Waals surface area contributed by atoms with Crippen molar-refractivity contribution in [2.75, 3.05) is 0 Å². The summed E-state index contributed by atoms with van der Waals surface area (Å²) in [6, 6.07) is 8.61. The van der Waals surface area contributed by atoms with Crippen LogP contribution in [0, 0.1) is 0 Å². The van der Waals surface area contributed by atoms with Crippen LogP contribution in [0.5, 0.6) is 0 Å². The highest BCUT2D eigenvalue weighted by atomic mass is 79.9. The molecule has 0 aromatic heterocycles. The highest BCUT2D eigenvalue weighted by Gasteiger charge is 2.45. The Labute approximate surface area is 111 Å². The smallest absolute Gasteiger partial charge is 0.221 e. The third kappa shape index (κ3) is 2.13. The number of carbonyl (C=O) groups is 1. The fourth-order valence-corrected chi connectivity index (χ4v) is 3.36. The molecule has 2 unspecified atom stereocenters. The highest BCUT2D eigenvalue weighted by molar-refractivity contribution is 9.10. The van der Waals surface area contributed by atoms with Gasteiger partial charge < -0.3 is 5.32 Å². The van der Waals surface area contributed by atoms with Crippen LogP contribution in [0.15, 0.2) is 28.7 Å². The van der Waals surface area contributed by atoms with E-state index in [0.717, 1.165) is 17.3 Å². The normalized spacial score (nSPS) is 28.2. The molecule has 3 heteroatoms. The third-order valence-corrected chi connectivity index (χ3v) is 4.41. The molecule has 1 aromatic carbocycles. The number of amides is 1. The van der Waals surface area contributed by atoms with Crippen LogP contribution in [0.25, 0.3) is 0 Å². The van der Waals surface area contributed by atoms with Gasteiger partial charge in [-0.15, -0.1) is 0 Å². The Balaban J connectivity index is 2.46. The number of rotatable bonds is 3. The van der Waals surface area contributed by atoms with Crippen molar-refractivity contribution in [2.45, 2.75) is 44.6 Å². The number of hydrogen-bond acceptors (Lipinski definition) is 1. The lowest BCUT2D eigenvalue weighted by atomic mass is 9.71. The van der Waals surface area contributed by atoms with E-state index in [2.05, 4.69) is 47.2 Å². The maximum atomic E-state index is 11.7. The highest BCUT2D eigenvalue weighted by Crippen LogP contribution is 2.41. The molecule has 1 amide bonds. The van der Waals surface area contributed by atoms with E-state index in [1.54, 1.807) is 0 Å². The molecule has 1 aromatic rings. The molecule has 1 N–H and O–H groups in total. The average molecular weight is 296 g/mol. The van der Waals surface area contributed by atoms with E-state index < -0.39 is 0 Å². The third-order valence-electron chi connectivity index (χ3n) is 3.92. The van der Waals surface area contributed by atoms with Gasteiger partial charge in [-0.1, -0.05) is 41.9 Å². The Kier molecular flexibility index (Phi) is 3.57. The topological polar surface area (TPSA) is 29.1 Å². The van der Waals surface area contributed by atoms with Crippen LogP contribution in [0.1, 0.15) is 38.7 Å². The molecule has 0 radical (unpaired) electrons. The van der Waals surface area contributed by atoms with Crippen molar-refractivity contribution in [1.82, 2.24) is 5.32 Å². The quantitative estimate of drug-likeness (QED) is 0.910. The van der Waals surface area contributed by atoms with Crippen molar-refractivity contribution in [3.05, 3.63) is 34.3 Å². The molecule has 0 saturated carbocycles. The molecule has 1 saturated heterocycles. The zero-order valence-corrected chi connectivity index (χ0v) is 11.9. The standard InChI is InChI=1S/C14H18BrNO/c1-3-12-14(4-2,9-13(17)16-12)10-6-5-7-11(15)8-10/h5-8,12H,3-4,9H2,1-2H3,(H,16,17). The van der Waals surface area contributed by atoms with Crippen molar-refractivity contribution in [1.29, 1.82) is 0 Å². The van der Waals surface area contributed by atoms with E-state index in [9.17, 15) is 4.79 Å². The summed E-state index contributed by atoms with van der Waals surface area (Å²) >= 11 is 3.51. The molecule has 0 aliphatic carbocycles. The fraction of sp³-hybridized carbons (Fsp3) is 0.500. The van der Waals surface area contributed by atoms with Crippen LogP contribution < -0.4 is 5.32 Å². The average Bonchev–Trinajstić information content (AvgIpc) is 2.66. The van der Waals surface area contributed by atoms with Crippen LogP contribution in [-0.2, 0) is 10.2 Å². The van der Waals surface area contributed by atoms with Crippen molar-refractivity contribution in [3.63, 3.8) is 0 Å². The second kappa shape index (κ2) is 4.81. The van der Waals surface area contributed by atoms with Gasteiger partial charge in [0.25, 0.3) is 0 Å². The summed E-state index contributed by atoms with van der Waals surface area (Å²) < 4.78 is 1.08. The van der Waals surface area contributed by atoms with Crippen molar-refractivity contribution >= 4 is 21.8 Å². The molecule has 1 aliphatic heterocycles. The van der Waals surface area contributed by atoms with Gasteiger partial charge in [-0.2, -0.15) is 0 Å². The van der Waals surface area contributed by atoms with Gasteiger partial charge in [0.2, 0.25) is 5.91 Å². The van der Waals surface area contributed by atoms with Gasteiger partial charge in [-0.3, -0.25) is 4.79 Å². The fourth-order valence-electron chi connectivity index (χ4n) is 2.96. The maximum Gasteiger partial charge on any atom is 0.221 e. The van der Waals surface area contributed by atoms with Gasteiger partial charge in [-0.05, 0) is 30.5 Å². The van der Waals surface area contributed by atoms with Crippen molar-refractivity contribution < 1.29 is 4.79 Å². The summed E-state index contributed by atoms with van der Waals surface area (Å²) in [5.74, 6) is 0.179. The predicted octanol–water partition coefficient (Wildman–Crippen LogP) is 3.40. The first-order valence-corrected chi connectivity index (χ1v) is 6.97. The molecule has 0 bridgehead atoms. The SMILES string of the molecule is CCC1NC(=O)CC1(CC)c1cccc(Br)c1. The van der Waals surface area contributed by atoms with E-state index in [-0.39, 0.29) is 17.4 Å². The van der Waals surface area contributed by atoms with Gasteiger partial charge in [0.05, 0.1) is 0 Å². The zero-order chi connectivity index (χ0) is 12.5. The first-order valence-electron chi connectivity index (χ1n) is 6.17. The number of nitrogens with one attached hydrogen (secondary N) is 1. The lowest BCUT2D eigenvalue weighted by Crippen LogP contribution is -2.39.